The van der Waals surface area contributed by atoms with Gasteiger partial charge in [-0.15, -0.1) is 0 Å². The Morgan fingerprint density at radius 1 is 1.17 bits per heavy atom. The molecule has 2 bridgehead atoms. The average Bonchev–Trinajstić information content (AvgIpc) is 3.19. The number of aromatic nitrogens is 2. The molecule has 2 aromatic heterocycles. The van der Waals surface area contributed by atoms with E-state index in [0.717, 1.165) is 42.7 Å². The molecule has 2 aliphatic rings. The Balaban J connectivity index is 1.22. The predicted molar refractivity (Wildman–Crippen MR) is 117 cm³/mol. The number of benzene rings is 1. The number of sulfonamides is 1. The average molecular weight is 445 g/mol. The molecule has 2 fully saturated rings. The fourth-order valence-corrected chi connectivity index (χ4v) is 6.29. The maximum atomic E-state index is 11.6. The van der Waals surface area contributed by atoms with Crippen molar-refractivity contribution in [1.29, 1.82) is 0 Å². The Morgan fingerprint density at radius 2 is 1.90 bits per heavy atom. The van der Waals surface area contributed by atoms with Gasteiger partial charge in [-0.05, 0) is 55.5 Å². The van der Waals surface area contributed by atoms with E-state index >= 15 is 0 Å². The van der Waals surface area contributed by atoms with Crippen LogP contribution in [0.3, 0.4) is 0 Å². The molecule has 5 rings (SSSR count). The van der Waals surface area contributed by atoms with Gasteiger partial charge in [0.15, 0.2) is 5.65 Å². The number of fused-ring (bicyclic) bond motifs is 3. The molecule has 0 spiro atoms. The predicted octanol–water partition coefficient (Wildman–Crippen LogP) is 3.53. The lowest BCUT2D eigenvalue weighted by molar-refractivity contribution is 0.116. The summed E-state index contributed by atoms with van der Waals surface area (Å²) in [6.07, 6.45) is 7.02. The van der Waals surface area contributed by atoms with Crippen LogP contribution < -0.4 is 9.46 Å². The van der Waals surface area contributed by atoms with E-state index in [1.165, 1.54) is 23.2 Å². The highest BCUT2D eigenvalue weighted by atomic mass is 32.2. The lowest BCUT2D eigenvalue weighted by atomic mass is 9.97. The number of pyridine rings is 1. The quantitative estimate of drug-likeness (QED) is 0.626. The van der Waals surface area contributed by atoms with Crippen molar-refractivity contribution in [2.24, 2.45) is 0 Å². The van der Waals surface area contributed by atoms with Crippen molar-refractivity contribution in [3.63, 3.8) is 0 Å². The molecule has 158 valence electrons. The summed E-state index contributed by atoms with van der Waals surface area (Å²) in [5.41, 5.74) is 1.94. The number of rotatable bonds is 6. The first-order chi connectivity index (χ1) is 14.4. The van der Waals surface area contributed by atoms with Crippen LogP contribution in [0.4, 0.5) is 0 Å². The molecule has 2 aliphatic heterocycles. The second kappa shape index (κ2) is 7.88. The summed E-state index contributed by atoms with van der Waals surface area (Å²) in [6.45, 7) is 0.881. The number of nitrogens with one attached hydrogen (secondary N) is 1. The van der Waals surface area contributed by atoms with Crippen molar-refractivity contribution < 1.29 is 13.2 Å². The Kier molecular flexibility index (Phi) is 5.22. The number of hydrogen-bond acceptors (Lipinski definition) is 7. The van der Waals surface area contributed by atoms with Crippen molar-refractivity contribution in [1.82, 2.24) is 19.6 Å². The van der Waals surface area contributed by atoms with Crippen molar-refractivity contribution in [2.75, 3.05) is 6.26 Å². The van der Waals surface area contributed by atoms with Crippen LogP contribution in [0.2, 0.25) is 0 Å². The summed E-state index contributed by atoms with van der Waals surface area (Å²) < 4.78 is 32.9. The summed E-state index contributed by atoms with van der Waals surface area (Å²) in [6, 6.07) is 13.0. The SMILES string of the molecule is CS(=O)(=O)N[C@H]1C[C@H]2CC[C@@H](C1)N2Cc1ccc(Oc2nc3ncccc3s2)cc1. The largest absolute Gasteiger partial charge is 0.431 e. The standard InChI is InChI=1S/C21H24N4O3S2/c1-30(26,27)24-15-11-16-6-7-17(12-15)25(16)13-14-4-8-18(9-5-14)28-21-23-20-19(29-21)3-2-10-22-20/h2-5,8-10,15-17,24H,6-7,11-13H2,1H3/t15-,16+,17-. The monoisotopic (exact) mass is 444 g/mol. The summed E-state index contributed by atoms with van der Waals surface area (Å²) in [5, 5.41) is 0.593. The number of ether oxygens (including phenoxy) is 1. The third kappa shape index (κ3) is 4.34. The van der Waals surface area contributed by atoms with Gasteiger partial charge in [0.1, 0.15) is 5.75 Å². The van der Waals surface area contributed by atoms with Crippen LogP contribution in [0.5, 0.6) is 10.9 Å². The number of thiazole rings is 1. The van der Waals surface area contributed by atoms with Gasteiger partial charge in [-0.2, -0.15) is 4.98 Å². The zero-order valence-electron chi connectivity index (χ0n) is 16.7. The summed E-state index contributed by atoms with van der Waals surface area (Å²) in [4.78, 5) is 11.2. The molecule has 1 N–H and O–H groups in total. The van der Waals surface area contributed by atoms with Crippen LogP contribution in [0.15, 0.2) is 42.6 Å². The van der Waals surface area contributed by atoms with Crippen LogP contribution in [0.1, 0.15) is 31.2 Å². The molecule has 3 atom stereocenters. The van der Waals surface area contributed by atoms with Gasteiger partial charge < -0.3 is 4.74 Å². The Morgan fingerprint density at radius 3 is 2.57 bits per heavy atom. The van der Waals surface area contributed by atoms with E-state index in [9.17, 15) is 8.42 Å². The van der Waals surface area contributed by atoms with Gasteiger partial charge in [0.25, 0.3) is 5.19 Å². The minimum absolute atomic E-state index is 0.0628. The maximum absolute atomic E-state index is 11.6. The van der Waals surface area contributed by atoms with Crippen molar-refractivity contribution in [2.45, 2.75) is 50.4 Å². The van der Waals surface area contributed by atoms with E-state index in [4.69, 9.17) is 4.74 Å². The molecule has 9 heteroatoms. The van der Waals surface area contributed by atoms with E-state index < -0.39 is 10.0 Å². The number of hydrogen-bond donors (Lipinski definition) is 1. The molecule has 7 nitrogen and oxygen atoms in total. The first-order valence-electron chi connectivity index (χ1n) is 10.1. The molecule has 0 amide bonds. The third-order valence-electron chi connectivity index (χ3n) is 5.90. The van der Waals surface area contributed by atoms with Gasteiger partial charge >= 0.3 is 0 Å². The third-order valence-corrected chi connectivity index (χ3v) is 7.55. The van der Waals surface area contributed by atoms with Crippen LogP contribution in [-0.2, 0) is 16.6 Å². The minimum atomic E-state index is -3.15. The van der Waals surface area contributed by atoms with Gasteiger partial charge in [-0.25, -0.2) is 18.1 Å². The molecule has 0 aliphatic carbocycles. The Labute approximate surface area is 180 Å². The Bertz CT molecular complexity index is 1100. The molecule has 0 saturated carbocycles. The first-order valence-corrected chi connectivity index (χ1v) is 12.9. The summed E-state index contributed by atoms with van der Waals surface area (Å²) in [5.74, 6) is 0.761. The fraction of sp³-hybridized carbons (Fsp3) is 0.429. The van der Waals surface area contributed by atoms with Gasteiger partial charge in [0, 0.05) is 30.9 Å². The highest BCUT2D eigenvalue weighted by Gasteiger charge is 2.41. The van der Waals surface area contributed by atoms with Crippen LogP contribution in [-0.4, -0.2) is 47.7 Å². The zero-order chi connectivity index (χ0) is 20.7. The van der Waals surface area contributed by atoms with Crippen molar-refractivity contribution in [3.05, 3.63) is 48.2 Å². The normalized spacial score (nSPS) is 24.4. The lowest BCUT2D eigenvalue weighted by Gasteiger charge is -2.39. The summed E-state index contributed by atoms with van der Waals surface area (Å²) in [7, 11) is -3.15. The van der Waals surface area contributed by atoms with Crippen LogP contribution in [0.25, 0.3) is 10.3 Å². The van der Waals surface area contributed by atoms with Gasteiger partial charge in [0.05, 0.1) is 11.0 Å². The molecular weight excluding hydrogens is 420 g/mol. The molecule has 2 saturated heterocycles. The van der Waals surface area contributed by atoms with E-state index in [0.29, 0.717) is 22.9 Å². The van der Waals surface area contributed by atoms with Gasteiger partial charge in [-0.1, -0.05) is 23.5 Å². The molecular formula is C21H24N4O3S2. The van der Waals surface area contributed by atoms with Crippen molar-refractivity contribution in [3.8, 4) is 10.9 Å². The summed E-state index contributed by atoms with van der Waals surface area (Å²) >= 11 is 1.48. The van der Waals surface area contributed by atoms with Gasteiger partial charge in [0.2, 0.25) is 10.0 Å². The second-order valence-corrected chi connectivity index (χ2v) is 10.9. The fourth-order valence-electron chi connectivity index (χ4n) is 4.70. The molecule has 1 aromatic carbocycles. The zero-order valence-corrected chi connectivity index (χ0v) is 18.3. The molecule has 0 unspecified atom stereocenters. The lowest BCUT2D eigenvalue weighted by Crippen LogP contribution is -2.49. The first kappa shape index (κ1) is 19.9. The highest BCUT2D eigenvalue weighted by Crippen LogP contribution is 2.37. The van der Waals surface area contributed by atoms with Crippen molar-refractivity contribution >= 4 is 31.7 Å². The highest BCUT2D eigenvalue weighted by molar-refractivity contribution is 7.88. The second-order valence-electron chi connectivity index (χ2n) is 8.17. The van der Waals surface area contributed by atoms with Gasteiger partial charge in [-0.3, -0.25) is 4.90 Å². The van der Waals surface area contributed by atoms with E-state index in [2.05, 4.69) is 31.7 Å². The molecule has 3 aromatic rings. The maximum Gasteiger partial charge on any atom is 0.281 e. The molecule has 0 radical (unpaired) electrons. The van der Waals surface area contributed by atoms with Crippen LogP contribution >= 0.6 is 11.3 Å². The molecule has 30 heavy (non-hydrogen) atoms. The Hall–Kier alpha value is -2.07. The molecule has 4 heterocycles. The topological polar surface area (TPSA) is 84.4 Å². The minimum Gasteiger partial charge on any atom is -0.431 e. The number of piperidine rings is 1. The number of nitrogens with zero attached hydrogens (tertiary/aromatic N) is 3. The van der Waals surface area contributed by atoms with E-state index in [-0.39, 0.29) is 6.04 Å². The van der Waals surface area contributed by atoms with E-state index in [1.807, 2.05) is 24.3 Å². The van der Waals surface area contributed by atoms with E-state index in [1.54, 1.807) is 6.20 Å². The smallest absolute Gasteiger partial charge is 0.281 e. The van der Waals surface area contributed by atoms with Crippen LogP contribution in [0, 0.1) is 0 Å².